The second kappa shape index (κ2) is 6.93. The first-order valence-electron chi connectivity index (χ1n) is 8.26. The molecule has 2 aliphatic rings. The number of carbonyl (C=O) groups excluding carboxylic acids is 1. The van der Waals surface area contributed by atoms with Gasteiger partial charge in [0.05, 0.1) is 0 Å². The molecule has 1 saturated carbocycles. The van der Waals surface area contributed by atoms with Gasteiger partial charge < -0.3 is 5.32 Å². The zero-order valence-electron chi connectivity index (χ0n) is 12.9. The Labute approximate surface area is 131 Å². The molecule has 1 N–H and O–H groups in total. The zero-order valence-corrected chi connectivity index (χ0v) is 13.8. The molecular weight excluding hydrogens is 280 g/mol. The second-order valence-electron chi connectivity index (χ2n) is 6.55. The number of amides is 1. The predicted octanol–water partition coefficient (Wildman–Crippen LogP) is 3.36. The normalized spacial score (nSPS) is 23.8. The van der Waals surface area contributed by atoms with Gasteiger partial charge in [0.25, 0.3) is 0 Å². The highest BCUT2D eigenvalue weighted by atomic mass is 32.1. The molecule has 1 atom stereocenters. The molecule has 3 nitrogen and oxygen atoms in total. The lowest BCUT2D eigenvalue weighted by atomic mass is 10.1. The van der Waals surface area contributed by atoms with Crippen LogP contribution >= 0.6 is 11.3 Å². The number of likely N-dealkylation sites (tertiary alicyclic amines) is 1. The van der Waals surface area contributed by atoms with Crippen LogP contribution in [0.4, 0.5) is 0 Å². The van der Waals surface area contributed by atoms with Crippen LogP contribution in [-0.2, 0) is 11.3 Å². The third-order valence-corrected chi connectivity index (χ3v) is 6.17. The summed E-state index contributed by atoms with van der Waals surface area (Å²) in [4.78, 5) is 17.1. The lowest BCUT2D eigenvalue weighted by Crippen LogP contribution is -2.24. The maximum Gasteiger partial charge on any atom is 0.220 e. The highest BCUT2D eigenvalue weighted by Crippen LogP contribution is 2.38. The minimum atomic E-state index is 0.182. The number of rotatable bonds is 5. The summed E-state index contributed by atoms with van der Waals surface area (Å²) in [5, 5.41) is 2.74. The molecule has 21 heavy (non-hydrogen) atoms. The van der Waals surface area contributed by atoms with Gasteiger partial charge in [-0.25, -0.2) is 0 Å². The van der Waals surface area contributed by atoms with Crippen molar-refractivity contribution < 1.29 is 4.79 Å². The summed E-state index contributed by atoms with van der Waals surface area (Å²) < 4.78 is 0. The van der Waals surface area contributed by atoms with Gasteiger partial charge in [-0.2, -0.15) is 0 Å². The monoisotopic (exact) mass is 306 g/mol. The van der Waals surface area contributed by atoms with E-state index in [9.17, 15) is 4.79 Å². The van der Waals surface area contributed by atoms with Crippen molar-refractivity contribution in [1.29, 1.82) is 0 Å². The van der Waals surface area contributed by atoms with E-state index >= 15 is 0 Å². The van der Waals surface area contributed by atoms with E-state index in [1.54, 1.807) is 11.9 Å². The number of carbonyl (C=O) groups is 1. The van der Waals surface area contributed by atoms with Crippen molar-refractivity contribution in [2.45, 2.75) is 51.0 Å². The molecule has 2 fully saturated rings. The molecule has 116 valence electrons. The van der Waals surface area contributed by atoms with Crippen LogP contribution in [0.1, 0.15) is 54.2 Å². The van der Waals surface area contributed by atoms with Crippen LogP contribution in [0, 0.1) is 5.92 Å². The Morgan fingerprint density at radius 2 is 2.14 bits per heavy atom. The van der Waals surface area contributed by atoms with Gasteiger partial charge in [-0.3, -0.25) is 9.69 Å². The molecule has 3 rings (SSSR count). The van der Waals surface area contributed by atoms with Gasteiger partial charge in [0, 0.05) is 36.3 Å². The van der Waals surface area contributed by atoms with Gasteiger partial charge >= 0.3 is 0 Å². The van der Waals surface area contributed by atoms with E-state index in [4.69, 9.17) is 0 Å². The molecule has 1 aliphatic heterocycles. The predicted molar refractivity (Wildman–Crippen MR) is 87.6 cm³/mol. The fourth-order valence-electron chi connectivity index (χ4n) is 3.72. The Bertz CT molecular complexity index is 479. The Morgan fingerprint density at radius 1 is 1.33 bits per heavy atom. The van der Waals surface area contributed by atoms with Crippen molar-refractivity contribution in [3.63, 3.8) is 0 Å². The number of thiophene rings is 1. The lowest BCUT2D eigenvalue weighted by Gasteiger charge is -2.14. The summed E-state index contributed by atoms with van der Waals surface area (Å²) in [5.74, 6) is 1.56. The average Bonchev–Trinajstić information content (AvgIpc) is 3.19. The van der Waals surface area contributed by atoms with Crippen LogP contribution in [0.5, 0.6) is 0 Å². The maximum absolute atomic E-state index is 11.5. The van der Waals surface area contributed by atoms with E-state index in [0.717, 1.165) is 32.0 Å². The standard InChI is InChI=1S/C17H26N2OS/c1-18-17(20)10-13-8-9-19(11-13)12-15-6-7-16(21-15)14-4-2-3-5-14/h6-7,13-14H,2-5,8-12H2,1H3,(H,18,20)/t13-/m0/s1. The zero-order chi connectivity index (χ0) is 14.7. The van der Waals surface area contributed by atoms with Crippen molar-refractivity contribution in [2.75, 3.05) is 20.1 Å². The van der Waals surface area contributed by atoms with E-state index in [-0.39, 0.29) is 5.91 Å². The van der Waals surface area contributed by atoms with Crippen LogP contribution < -0.4 is 5.32 Å². The minimum Gasteiger partial charge on any atom is -0.359 e. The quantitative estimate of drug-likeness (QED) is 0.904. The van der Waals surface area contributed by atoms with Gasteiger partial charge in [-0.05, 0) is 49.8 Å². The van der Waals surface area contributed by atoms with Gasteiger partial charge in [0.2, 0.25) is 5.91 Å². The molecule has 0 bridgehead atoms. The molecule has 0 aromatic carbocycles. The first-order chi connectivity index (χ1) is 10.2. The number of nitrogens with one attached hydrogen (secondary N) is 1. The summed E-state index contributed by atoms with van der Waals surface area (Å²) >= 11 is 2.02. The largest absolute Gasteiger partial charge is 0.359 e. The highest BCUT2D eigenvalue weighted by molar-refractivity contribution is 7.12. The van der Waals surface area contributed by atoms with E-state index < -0.39 is 0 Å². The Hall–Kier alpha value is -0.870. The minimum absolute atomic E-state index is 0.182. The lowest BCUT2D eigenvalue weighted by molar-refractivity contribution is -0.121. The fourth-order valence-corrected chi connectivity index (χ4v) is 4.94. The smallest absolute Gasteiger partial charge is 0.220 e. The molecule has 1 saturated heterocycles. The highest BCUT2D eigenvalue weighted by Gasteiger charge is 2.25. The number of hydrogen-bond acceptors (Lipinski definition) is 3. The van der Waals surface area contributed by atoms with Crippen LogP contribution in [0.3, 0.4) is 0 Å². The molecule has 4 heteroatoms. The van der Waals surface area contributed by atoms with Crippen molar-refractivity contribution in [3.8, 4) is 0 Å². The van der Waals surface area contributed by atoms with E-state index in [1.165, 1.54) is 30.6 Å². The topological polar surface area (TPSA) is 32.3 Å². The molecule has 1 aliphatic carbocycles. The maximum atomic E-state index is 11.5. The SMILES string of the molecule is CNC(=O)C[C@@H]1CCN(Cc2ccc(C3CCCC3)s2)C1. The van der Waals surface area contributed by atoms with Gasteiger partial charge in [0.15, 0.2) is 0 Å². The average molecular weight is 306 g/mol. The molecule has 2 heterocycles. The van der Waals surface area contributed by atoms with Crippen LogP contribution in [-0.4, -0.2) is 30.9 Å². The Morgan fingerprint density at radius 3 is 2.90 bits per heavy atom. The number of hydrogen-bond donors (Lipinski definition) is 1. The summed E-state index contributed by atoms with van der Waals surface area (Å²) in [6, 6.07) is 4.68. The number of nitrogens with zero attached hydrogens (tertiary/aromatic N) is 1. The van der Waals surface area contributed by atoms with Crippen molar-refractivity contribution in [3.05, 3.63) is 21.9 Å². The molecular formula is C17H26N2OS. The Kier molecular flexibility index (Phi) is 4.96. The molecule has 0 spiro atoms. The molecule has 1 aromatic rings. The first kappa shape index (κ1) is 15.0. The third kappa shape index (κ3) is 3.86. The summed E-state index contributed by atoms with van der Waals surface area (Å²) in [6.07, 6.45) is 7.44. The van der Waals surface area contributed by atoms with Crippen molar-refractivity contribution >= 4 is 17.2 Å². The van der Waals surface area contributed by atoms with Gasteiger partial charge in [0.1, 0.15) is 0 Å². The van der Waals surface area contributed by atoms with Crippen LogP contribution in [0.25, 0.3) is 0 Å². The molecule has 1 aromatic heterocycles. The Balaban J connectivity index is 1.49. The van der Waals surface area contributed by atoms with Crippen LogP contribution in [0.15, 0.2) is 12.1 Å². The van der Waals surface area contributed by atoms with Crippen LogP contribution in [0.2, 0.25) is 0 Å². The molecule has 0 unspecified atom stereocenters. The summed E-state index contributed by atoms with van der Waals surface area (Å²) in [6.45, 7) is 3.28. The van der Waals surface area contributed by atoms with E-state index in [1.807, 2.05) is 11.3 Å². The molecule has 0 radical (unpaired) electrons. The summed E-state index contributed by atoms with van der Waals surface area (Å²) in [7, 11) is 1.73. The van der Waals surface area contributed by atoms with Crippen molar-refractivity contribution in [1.82, 2.24) is 10.2 Å². The second-order valence-corrected chi connectivity index (χ2v) is 7.75. The van der Waals surface area contributed by atoms with Gasteiger partial charge in [-0.1, -0.05) is 12.8 Å². The third-order valence-electron chi connectivity index (χ3n) is 4.94. The van der Waals surface area contributed by atoms with E-state index in [0.29, 0.717) is 12.3 Å². The fraction of sp³-hybridized carbons (Fsp3) is 0.706. The first-order valence-corrected chi connectivity index (χ1v) is 9.08. The van der Waals surface area contributed by atoms with Gasteiger partial charge in [-0.15, -0.1) is 11.3 Å². The van der Waals surface area contributed by atoms with Crippen molar-refractivity contribution in [2.24, 2.45) is 5.92 Å². The van der Waals surface area contributed by atoms with E-state index in [2.05, 4.69) is 22.3 Å². The molecule has 1 amide bonds. The summed E-state index contributed by atoms with van der Waals surface area (Å²) in [5.41, 5.74) is 0.